The Kier molecular flexibility index (Phi) is 3.90. The molecule has 1 aliphatic rings. The number of methoxy groups -OCH3 is 2. The average Bonchev–Trinajstić information content (AvgIpc) is 3.20. The smallest absolute Gasteiger partial charge is 0.145 e. The highest BCUT2D eigenvalue weighted by Gasteiger charge is 2.41. The van der Waals surface area contributed by atoms with Gasteiger partial charge in [-0.2, -0.15) is 0 Å². The molecule has 19 heavy (non-hydrogen) atoms. The third kappa shape index (κ3) is 2.63. The van der Waals surface area contributed by atoms with Gasteiger partial charge in [-0.25, -0.2) is 0 Å². The monoisotopic (exact) mass is 265 g/mol. The number of hydrogen-bond donors (Lipinski definition) is 2. The first kappa shape index (κ1) is 14.0. The van der Waals surface area contributed by atoms with Crippen LogP contribution < -0.4 is 14.8 Å². The zero-order chi connectivity index (χ0) is 14.0. The molecule has 0 aliphatic heterocycles. The predicted molar refractivity (Wildman–Crippen MR) is 76.3 cm³/mol. The highest BCUT2D eigenvalue weighted by molar-refractivity contribution is 5.66. The van der Waals surface area contributed by atoms with Crippen molar-refractivity contribution in [1.29, 1.82) is 0 Å². The fourth-order valence-corrected chi connectivity index (χ4v) is 2.32. The van der Waals surface area contributed by atoms with E-state index in [1.165, 1.54) is 0 Å². The molecule has 0 heterocycles. The van der Waals surface area contributed by atoms with Gasteiger partial charge in [0.1, 0.15) is 11.5 Å². The summed E-state index contributed by atoms with van der Waals surface area (Å²) in [7, 11) is 3.35. The van der Waals surface area contributed by atoms with E-state index in [0.29, 0.717) is 0 Å². The molecule has 4 nitrogen and oxygen atoms in total. The maximum Gasteiger partial charge on any atom is 0.145 e. The van der Waals surface area contributed by atoms with Gasteiger partial charge < -0.3 is 19.9 Å². The molecule has 1 fully saturated rings. The fraction of sp³-hybridized carbons (Fsp3) is 0.600. The average molecular weight is 265 g/mol. The van der Waals surface area contributed by atoms with E-state index >= 15 is 0 Å². The summed E-state index contributed by atoms with van der Waals surface area (Å²) >= 11 is 0. The zero-order valence-corrected chi connectivity index (χ0v) is 12.2. The molecule has 1 aliphatic carbocycles. The van der Waals surface area contributed by atoms with Crippen LogP contribution in [0.4, 0.5) is 5.69 Å². The largest absolute Gasteiger partial charge is 0.496 e. The lowest BCUT2D eigenvalue weighted by atomic mass is 10.0. The number of rotatable bonds is 6. The van der Waals surface area contributed by atoms with E-state index < -0.39 is 0 Å². The van der Waals surface area contributed by atoms with Gasteiger partial charge >= 0.3 is 0 Å². The molecule has 1 aromatic carbocycles. The Hall–Kier alpha value is -1.42. The molecule has 0 saturated heterocycles. The molecule has 4 heteroatoms. The summed E-state index contributed by atoms with van der Waals surface area (Å²) in [4.78, 5) is 0. The number of anilines is 1. The number of nitrogens with one attached hydrogen (secondary N) is 1. The van der Waals surface area contributed by atoms with Crippen LogP contribution in [0, 0.1) is 19.3 Å². The van der Waals surface area contributed by atoms with E-state index in [1.54, 1.807) is 14.2 Å². The first-order chi connectivity index (χ1) is 9.06. The van der Waals surface area contributed by atoms with Gasteiger partial charge in [-0.3, -0.25) is 0 Å². The van der Waals surface area contributed by atoms with Crippen LogP contribution in [0.2, 0.25) is 0 Å². The summed E-state index contributed by atoms with van der Waals surface area (Å²) in [5.41, 5.74) is 3.17. The quantitative estimate of drug-likeness (QED) is 0.830. The van der Waals surface area contributed by atoms with E-state index in [-0.39, 0.29) is 12.0 Å². The van der Waals surface area contributed by atoms with Crippen LogP contribution in [0.15, 0.2) is 6.07 Å². The molecule has 0 atom stereocenters. The van der Waals surface area contributed by atoms with E-state index in [4.69, 9.17) is 9.47 Å². The normalized spacial score (nSPS) is 16.1. The van der Waals surface area contributed by atoms with Gasteiger partial charge in [0.2, 0.25) is 0 Å². The minimum absolute atomic E-state index is 0.0665. The van der Waals surface area contributed by atoms with Gasteiger partial charge in [-0.15, -0.1) is 0 Å². The van der Waals surface area contributed by atoms with Crippen molar-refractivity contribution in [3.63, 3.8) is 0 Å². The van der Waals surface area contributed by atoms with Crippen molar-refractivity contribution in [3.8, 4) is 11.5 Å². The molecule has 0 amide bonds. The summed E-state index contributed by atoms with van der Waals surface area (Å²) in [5.74, 6) is 1.71. The van der Waals surface area contributed by atoms with Crippen molar-refractivity contribution >= 4 is 5.69 Å². The van der Waals surface area contributed by atoms with Crippen molar-refractivity contribution in [2.24, 2.45) is 5.41 Å². The molecule has 2 N–H and O–H groups in total. The Morgan fingerprint density at radius 2 is 1.89 bits per heavy atom. The van der Waals surface area contributed by atoms with Crippen LogP contribution >= 0.6 is 0 Å². The number of aliphatic hydroxyl groups is 1. The lowest BCUT2D eigenvalue weighted by molar-refractivity contribution is 0.219. The van der Waals surface area contributed by atoms with Crippen LogP contribution in [0.1, 0.15) is 24.0 Å². The van der Waals surface area contributed by atoms with Crippen LogP contribution in [-0.2, 0) is 0 Å². The molecule has 0 unspecified atom stereocenters. The van der Waals surface area contributed by atoms with Gasteiger partial charge in [-0.05, 0) is 37.8 Å². The third-order valence-corrected chi connectivity index (χ3v) is 4.16. The van der Waals surface area contributed by atoms with Gasteiger partial charge in [0.15, 0.2) is 0 Å². The number of benzene rings is 1. The topological polar surface area (TPSA) is 50.7 Å². The number of aliphatic hydroxyl groups excluding tert-OH is 1. The molecule has 1 saturated carbocycles. The lowest BCUT2D eigenvalue weighted by Gasteiger charge is -2.20. The van der Waals surface area contributed by atoms with Crippen LogP contribution in [-0.4, -0.2) is 32.5 Å². The van der Waals surface area contributed by atoms with Crippen molar-refractivity contribution in [1.82, 2.24) is 0 Å². The molecule has 2 rings (SSSR count). The highest BCUT2D eigenvalue weighted by atomic mass is 16.5. The van der Waals surface area contributed by atoms with Crippen molar-refractivity contribution in [3.05, 3.63) is 17.2 Å². The van der Waals surface area contributed by atoms with Gasteiger partial charge in [0.05, 0.1) is 26.5 Å². The van der Waals surface area contributed by atoms with Crippen LogP contribution in [0.5, 0.6) is 11.5 Å². The van der Waals surface area contributed by atoms with Crippen LogP contribution in [0.25, 0.3) is 0 Å². The van der Waals surface area contributed by atoms with Gasteiger partial charge in [-0.1, -0.05) is 0 Å². The second-order valence-electron chi connectivity index (χ2n) is 5.42. The summed E-state index contributed by atoms with van der Waals surface area (Å²) in [6.45, 7) is 5.06. The summed E-state index contributed by atoms with van der Waals surface area (Å²) in [6, 6.07) is 1.97. The third-order valence-electron chi connectivity index (χ3n) is 4.16. The van der Waals surface area contributed by atoms with E-state index in [9.17, 15) is 5.11 Å². The molecular formula is C15H23NO3. The molecule has 106 valence electrons. The van der Waals surface area contributed by atoms with Crippen molar-refractivity contribution in [2.45, 2.75) is 26.7 Å². The minimum Gasteiger partial charge on any atom is -0.496 e. The van der Waals surface area contributed by atoms with E-state index in [2.05, 4.69) is 5.32 Å². The Balaban J connectivity index is 2.25. The summed E-state index contributed by atoms with van der Waals surface area (Å²) in [5, 5.41) is 12.8. The van der Waals surface area contributed by atoms with E-state index in [1.807, 2.05) is 19.9 Å². The summed E-state index contributed by atoms with van der Waals surface area (Å²) < 4.78 is 10.9. The van der Waals surface area contributed by atoms with Gasteiger partial charge in [0.25, 0.3) is 0 Å². The van der Waals surface area contributed by atoms with Crippen molar-refractivity contribution in [2.75, 3.05) is 32.7 Å². The SMILES string of the molecule is COc1cc(NCC2(CO)CC2)c(OC)c(C)c1C. The predicted octanol–water partition coefficient (Wildman–Crippen LogP) is 2.51. The highest BCUT2D eigenvalue weighted by Crippen LogP contribution is 2.46. The Morgan fingerprint density at radius 1 is 1.21 bits per heavy atom. The van der Waals surface area contributed by atoms with Crippen LogP contribution in [0.3, 0.4) is 0 Å². The minimum atomic E-state index is 0.0665. The molecule has 0 aromatic heterocycles. The maximum absolute atomic E-state index is 9.36. The second-order valence-corrected chi connectivity index (χ2v) is 5.42. The van der Waals surface area contributed by atoms with E-state index in [0.717, 1.165) is 47.7 Å². The summed E-state index contributed by atoms with van der Waals surface area (Å²) in [6.07, 6.45) is 2.17. The number of hydrogen-bond acceptors (Lipinski definition) is 4. The molecule has 0 bridgehead atoms. The Bertz CT molecular complexity index is 467. The molecule has 0 spiro atoms. The second kappa shape index (κ2) is 5.29. The standard InChI is InChI=1S/C15H23NO3/c1-10-11(2)14(19-4)12(7-13(10)18-3)16-8-15(9-17)5-6-15/h7,16-17H,5-6,8-9H2,1-4H3. The number of ether oxygens (including phenoxy) is 2. The zero-order valence-electron chi connectivity index (χ0n) is 12.2. The first-order valence-corrected chi connectivity index (χ1v) is 6.64. The molecule has 0 radical (unpaired) electrons. The molecule has 1 aromatic rings. The van der Waals surface area contributed by atoms with Gasteiger partial charge in [0, 0.05) is 18.0 Å². The Morgan fingerprint density at radius 3 is 2.37 bits per heavy atom. The fourth-order valence-electron chi connectivity index (χ4n) is 2.32. The maximum atomic E-state index is 9.36. The Labute approximate surface area is 114 Å². The first-order valence-electron chi connectivity index (χ1n) is 6.64. The molecular weight excluding hydrogens is 242 g/mol. The lowest BCUT2D eigenvalue weighted by Crippen LogP contribution is -2.19. The van der Waals surface area contributed by atoms with Crippen molar-refractivity contribution < 1.29 is 14.6 Å².